The summed E-state index contributed by atoms with van der Waals surface area (Å²) in [5.74, 6) is 3.09. The van der Waals surface area contributed by atoms with Gasteiger partial charge in [-0.15, -0.1) is 0 Å². The zero-order valence-corrected chi connectivity index (χ0v) is 15.0. The summed E-state index contributed by atoms with van der Waals surface area (Å²) in [6, 6.07) is 7.76. The minimum atomic E-state index is -3.00. The third-order valence-electron chi connectivity index (χ3n) is 5.07. The van der Waals surface area contributed by atoms with Crippen LogP contribution in [0.15, 0.2) is 36.7 Å². The Labute approximate surface area is 151 Å². The molecule has 1 aliphatic carbocycles. The summed E-state index contributed by atoms with van der Waals surface area (Å²) in [5.41, 5.74) is 1.86. The number of aromatic nitrogens is 5. The normalized spacial score (nSPS) is 21.9. The number of imidazole rings is 1. The van der Waals surface area contributed by atoms with Gasteiger partial charge in [-0.05, 0) is 19.3 Å². The maximum Gasteiger partial charge on any atom is 0.159 e. The van der Waals surface area contributed by atoms with E-state index in [1.54, 1.807) is 12.4 Å². The second-order valence-electron chi connectivity index (χ2n) is 7.05. The van der Waals surface area contributed by atoms with Gasteiger partial charge in [0.25, 0.3) is 0 Å². The molecule has 0 amide bonds. The van der Waals surface area contributed by atoms with E-state index in [1.165, 1.54) is 0 Å². The number of nitrogens with zero attached hydrogens (tertiary/aromatic N) is 4. The molecule has 1 atom stereocenters. The van der Waals surface area contributed by atoms with Crippen LogP contribution in [0.2, 0.25) is 0 Å². The Balaban J connectivity index is 1.66. The fourth-order valence-electron chi connectivity index (χ4n) is 3.56. The Hall–Kier alpha value is -2.48. The van der Waals surface area contributed by atoms with Crippen molar-refractivity contribution in [3.8, 4) is 22.8 Å². The molecule has 2 aromatic heterocycles. The van der Waals surface area contributed by atoms with Crippen LogP contribution < -0.4 is 0 Å². The van der Waals surface area contributed by atoms with Crippen molar-refractivity contribution >= 4 is 9.84 Å². The molecule has 3 heterocycles. The SMILES string of the molecule is O=S1(=O)CC[C@H](n2nc(C3CC3)nc2-c2ccccc2-c2ncc[nH]2)C1. The molecule has 1 aromatic carbocycles. The van der Waals surface area contributed by atoms with Gasteiger partial charge in [-0.25, -0.2) is 23.1 Å². The number of sulfone groups is 1. The highest BCUT2D eigenvalue weighted by Crippen LogP contribution is 2.41. The lowest BCUT2D eigenvalue weighted by molar-refractivity contribution is 0.500. The number of aromatic amines is 1. The first-order valence-corrected chi connectivity index (χ1v) is 10.7. The van der Waals surface area contributed by atoms with Crippen molar-refractivity contribution in [1.29, 1.82) is 0 Å². The molecule has 0 unspecified atom stereocenters. The highest BCUT2D eigenvalue weighted by Gasteiger charge is 2.35. The van der Waals surface area contributed by atoms with Crippen molar-refractivity contribution in [2.75, 3.05) is 11.5 Å². The predicted octanol–water partition coefficient (Wildman–Crippen LogP) is 2.57. The highest BCUT2D eigenvalue weighted by molar-refractivity contribution is 7.91. The van der Waals surface area contributed by atoms with E-state index >= 15 is 0 Å². The van der Waals surface area contributed by atoms with Crippen molar-refractivity contribution in [3.63, 3.8) is 0 Å². The van der Waals surface area contributed by atoms with E-state index in [1.807, 2.05) is 28.9 Å². The second kappa shape index (κ2) is 5.77. The van der Waals surface area contributed by atoms with Crippen LogP contribution in [0.1, 0.15) is 37.0 Å². The van der Waals surface area contributed by atoms with E-state index in [9.17, 15) is 8.42 Å². The maximum atomic E-state index is 12.0. The molecule has 3 aromatic rings. The molecule has 26 heavy (non-hydrogen) atoms. The molecule has 1 saturated heterocycles. The largest absolute Gasteiger partial charge is 0.345 e. The van der Waals surface area contributed by atoms with E-state index in [2.05, 4.69) is 9.97 Å². The summed E-state index contributed by atoms with van der Waals surface area (Å²) < 4.78 is 25.8. The predicted molar refractivity (Wildman–Crippen MR) is 97.3 cm³/mol. The van der Waals surface area contributed by atoms with Gasteiger partial charge in [0.15, 0.2) is 21.5 Å². The van der Waals surface area contributed by atoms with E-state index in [0.717, 1.165) is 41.4 Å². The Morgan fingerprint density at radius 1 is 1.12 bits per heavy atom. The van der Waals surface area contributed by atoms with Gasteiger partial charge in [0, 0.05) is 29.4 Å². The Morgan fingerprint density at radius 2 is 1.92 bits per heavy atom. The van der Waals surface area contributed by atoms with Crippen LogP contribution >= 0.6 is 0 Å². The smallest absolute Gasteiger partial charge is 0.159 e. The zero-order valence-electron chi connectivity index (χ0n) is 14.2. The summed E-state index contributed by atoms with van der Waals surface area (Å²) in [4.78, 5) is 12.3. The summed E-state index contributed by atoms with van der Waals surface area (Å²) in [7, 11) is -3.00. The first-order valence-electron chi connectivity index (χ1n) is 8.87. The van der Waals surface area contributed by atoms with Crippen LogP contribution in [0.3, 0.4) is 0 Å². The Kier molecular flexibility index (Phi) is 3.49. The molecule has 134 valence electrons. The van der Waals surface area contributed by atoms with Crippen LogP contribution in [-0.2, 0) is 9.84 Å². The van der Waals surface area contributed by atoms with Gasteiger partial charge < -0.3 is 4.98 Å². The quantitative estimate of drug-likeness (QED) is 0.763. The van der Waals surface area contributed by atoms with Crippen molar-refractivity contribution in [2.24, 2.45) is 0 Å². The molecule has 0 bridgehead atoms. The highest BCUT2D eigenvalue weighted by atomic mass is 32.2. The zero-order chi connectivity index (χ0) is 17.7. The van der Waals surface area contributed by atoms with Crippen molar-refractivity contribution in [3.05, 3.63) is 42.5 Å². The Morgan fingerprint density at radius 3 is 2.58 bits per heavy atom. The number of rotatable bonds is 4. The molecule has 8 heteroatoms. The van der Waals surface area contributed by atoms with Crippen molar-refractivity contribution in [2.45, 2.75) is 31.2 Å². The molecule has 0 radical (unpaired) electrons. The molecular weight excluding hydrogens is 350 g/mol. The average molecular weight is 369 g/mol. The molecule has 5 rings (SSSR count). The second-order valence-corrected chi connectivity index (χ2v) is 9.28. The van der Waals surface area contributed by atoms with Gasteiger partial charge in [0.1, 0.15) is 5.82 Å². The topological polar surface area (TPSA) is 93.5 Å². The summed E-state index contributed by atoms with van der Waals surface area (Å²) >= 11 is 0. The van der Waals surface area contributed by atoms with E-state index in [4.69, 9.17) is 10.1 Å². The van der Waals surface area contributed by atoms with E-state index in [-0.39, 0.29) is 17.5 Å². The van der Waals surface area contributed by atoms with Gasteiger partial charge in [0.05, 0.1) is 17.5 Å². The van der Waals surface area contributed by atoms with Crippen LogP contribution in [0.4, 0.5) is 0 Å². The van der Waals surface area contributed by atoms with Crippen molar-refractivity contribution < 1.29 is 8.42 Å². The molecule has 2 aliphatic rings. The average Bonchev–Trinajstić information content (AvgIpc) is 3.05. The maximum absolute atomic E-state index is 12.0. The number of hydrogen-bond acceptors (Lipinski definition) is 5. The van der Waals surface area contributed by atoms with Gasteiger partial charge in [-0.2, -0.15) is 5.10 Å². The molecule has 7 nitrogen and oxygen atoms in total. The lowest BCUT2D eigenvalue weighted by Crippen LogP contribution is -2.14. The third-order valence-corrected chi connectivity index (χ3v) is 6.82. The third kappa shape index (κ3) is 2.74. The standard InChI is InChI=1S/C18H19N5O2S/c24-26(25)10-7-13(11-26)23-18(21-16(22-23)12-5-6-12)15-4-2-1-3-14(15)17-19-8-9-20-17/h1-4,8-9,12-13H,5-7,10-11H2,(H,19,20)/t13-/m0/s1. The molecule has 1 aliphatic heterocycles. The number of benzene rings is 1. The molecule has 2 fully saturated rings. The first-order chi connectivity index (χ1) is 12.6. The van der Waals surface area contributed by atoms with E-state index in [0.29, 0.717) is 12.3 Å². The van der Waals surface area contributed by atoms with Crippen LogP contribution in [0.25, 0.3) is 22.8 Å². The van der Waals surface area contributed by atoms with E-state index < -0.39 is 9.84 Å². The van der Waals surface area contributed by atoms with Gasteiger partial charge in [-0.3, -0.25) is 0 Å². The van der Waals surface area contributed by atoms with Crippen LogP contribution in [-0.4, -0.2) is 44.7 Å². The van der Waals surface area contributed by atoms with Crippen LogP contribution in [0.5, 0.6) is 0 Å². The minimum Gasteiger partial charge on any atom is -0.345 e. The summed E-state index contributed by atoms with van der Waals surface area (Å²) in [5, 5.41) is 4.73. The molecule has 0 spiro atoms. The Bertz CT molecular complexity index is 1050. The van der Waals surface area contributed by atoms with Gasteiger partial charge in [-0.1, -0.05) is 24.3 Å². The van der Waals surface area contributed by atoms with Crippen molar-refractivity contribution in [1.82, 2.24) is 24.7 Å². The molecular formula is C18H19N5O2S. The monoisotopic (exact) mass is 369 g/mol. The number of nitrogens with one attached hydrogen (secondary N) is 1. The summed E-state index contributed by atoms with van der Waals surface area (Å²) in [6.07, 6.45) is 6.30. The minimum absolute atomic E-state index is 0.135. The van der Waals surface area contributed by atoms with Gasteiger partial charge in [0.2, 0.25) is 0 Å². The fraction of sp³-hybridized carbons (Fsp3) is 0.389. The fourth-order valence-corrected chi connectivity index (χ4v) is 5.25. The molecule has 1 saturated carbocycles. The number of hydrogen-bond donors (Lipinski definition) is 1. The number of H-pyrrole nitrogens is 1. The van der Waals surface area contributed by atoms with Gasteiger partial charge >= 0.3 is 0 Å². The first kappa shape index (κ1) is 15.7. The molecule has 1 N–H and O–H groups in total. The summed E-state index contributed by atoms with van der Waals surface area (Å²) in [6.45, 7) is 0. The lowest BCUT2D eigenvalue weighted by Gasteiger charge is -2.13. The van der Waals surface area contributed by atoms with Crippen LogP contribution in [0, 0.1) is 0 Å². The lowest BCUT2D eigenvalue weighted by atomic mass is 10.1.